The predicted molar refractivity (Wildman–Crippen MR) is 141 cm³/mol. The molecule has 2 saturated carbocycles. The average molecular weight is 580 g/mol. The minimum Gasteiger partial charge on any atom is -0.487 e. The summed E-state index contributed by atoms with van der Waals surface area (Å²) in [6.07, 6.45) is -5.67. The van der Waals surface area contributed by atoms with E-state index in [1.165, 1.54) is 12.1 Å². The second-order valence-corrected chi connectivity index (χ2v) is 10.7. The highest BCUT2D eigenvalue weighted by Crippen LogP contribution is 2.57. The molecule has 2 fully saturated rings. The van der Waals surface area contributed by atoms with Crippen LogP contribution in [0.15, 0.2) is 30.3 Å². The molecule has 0 unspecified atom stereocenters. The SMILES string of the molecule is Cc1ccc(CNC(=O)C2(C(F)(F)F)CC2)cc1Nc1nc2cc(C(=O)NCC3CC3)c(OCC(F)F)cc2n1C. The summed E-state index contributed by atoms with van der Waals surface area (Å²) >= 11 is 0. The van der Waals surface area contributed by atoms with Gasteiger partial charge in [-0.15, -0.1) is 0 Å². The number of imidazole rings is 1. The van der Waals surface area contributed by atoms with Crippen molar-refractivity contribution in [2.75, 3.05) is 18.5 Å². The molecule has 0 bridgehead atoms. The molecule has 220 valence electrons. The van der Waals surface area contributed by atoms with Crippen LogP contribution in [0, 0.1) is 18.3 Å². The van der Waals surface area contributed by atoms with Gasteiger partial charge in [-0.1, -0.05) is 12.1 Å². The summed E-state index contributed by atoms with van der Waals surface area (Å²) in [7, 11) is 1.70. The van der Waals surface area contributed by atoms with Crippen LogP contribution in [0.1, 0.15) is 47.2 Å². The van der Waals surface area contributed by atoms with E-state index in [-0.39, 0.29) is 30.7 Å². The molecule has 13 heteroatoms. The number of carbonyl (C=O) groups is 2. The molecule has 8 nitrogen and oxygen atoms in total. The fraction of sp³-hybridized carbons (Fsp3) is 0.464. The molecule has 2 aliphatic rings. The molecule has 2 aromatic carbocycles. The Morgan fingerprint density at radius 1 is 1.15 bits per heavy atom. The summed E-state index contributed by atoms with van der Waals surface area (Å²) in [6.45, 7) is 1.37. The first-order valence-corrected chi connectivity index (χ1v) is 13.3. The van der Waals surface area contributed by atoms with Crippen molar-refractivity contribution in [3.63, 3.8) is 0 Å². The number of benzene rings is 2. The molecular weight excluding hydrogens is 549 g/mol. The molecule has 3 N–H and O–H groups in total. The van der Waals surface area contributed by atoms with Crippen LogP contribution in [0.25, 0.3) is 11.0 Å². The number of alkyl halides is 5. The zero-order chi connectivity index (χ0) is 29.5. The summed E-state index contributed by atoms with van der Waals surface area (Å²) in [5, 5.41) is 8.41. The second kappa shape index (κ2) is 10.8. The lowest BCUT2D eigenvalue weighted by molar-refractivity contribution is -0.192. The molecule has 1 aromatic heterocycles. The van der Waals surface area contributed by atoms with E-state index in [1.807, 2.05) is 6.92 Å². The van der Waals surface area contributed by atoms with Crippen LogP contribution < -0.4 is 20.7 Å². The van der Waals surface area contributed by atoms with E-state index in [0.717, 1.165) is 18.4 Å². The number of aryl methyl sites for hydroxylation is 2. The third-order valence-corrected chi connectivity index (χ3v) is 7.57. The molecule has 5 rings (SSSR count). The van der Waals surface area contributed by atoms with Crippen LogP contribution in [-0.4, -0.2) is 47.1 Å². The minimum absolute atomic E-state index is 0.0156. The fourth-order valence-corrected chi connectivity index (χ4v) is 4.58. The Kier molecular flexibility index (Phi) is 7.56. The number of hydrogen-bond donors (Lipinski definition) is 3. The number of nitrogens with zero attached hydrogens (tertiary/aromatic N) is 2. The van der Waals surface area contributed by atoms with Gasteiger partial charge in [-0.25, -0.2) is 13.8 Å². The van der Waals surface area contributed by atoms with Gasteiger partial charge in [0.2, 0.25) is 11.9 Å². The smallest absolute Gasteiger partial charge is 0.403 e. The Hall–Kier alpha value is -3.90. The fourth-order valence-electron chi connectivity index (χ4n) is 4.58. The van der Waals surface area contributed by atoms with Crippen molar-refractivity contribution < 1.29 is 36.3 Å². The Morgan fingerprint density at radius 2 is 1.88 bits per heavy atom. The number of fused-ring (bicyclic) bond motifs is 1. The van der Waals surface area contributed by atoms with Gasteiger partial charge < -0.3 is 25.3 Å². The summed E-state index contributed by atoms with van der Waals surface area (Å²) in [5.74, 6) is -0.661. The van der Waals surface area contributed by atoms with Crippen LogP contribution in [-0.2, 0) is 18.4 Å². The lowest BCUT2D eigenvalue weighted by Crippen LogP contribution is -2.40. The largest absolute Gasteiger partial charge is 0.487 e. The van der Waals surface area contributed by atoms with Crippen LogP contribution in [0.5, 0.6) is 5.75 Å². The maximum absolute atomic E-state index is 13.3. The highest BCUT2D eigenvalue weighted by molar-refractivity contribution is 6.01. The summed E-state index contributed by atoms with van der Waals surface area (Å²) in [6, 6.07) is 8.17. The first-order valence-electron chi connectivity index (χ1n) is 13.3. The zero-order valence-electron chi connectivity index (χ0n) is 22.5. The van der Waals surface area contributed by atoms with Crippen LogP contribution >= 0.6 is 0 Å². The molecule has 3 aromatic rings. The number of halogens is 5. The summed E-state index contributed by atoms with van der Waals surface area (Å²) in [5.41, 5.74) is 0.755. The van der Waals surface area contributed by atoms with E-state index in [2.05, 4.69) is 20.9 Å². The lowest BCUT2D eigenvalue weighted by atomic mass is 10.1. The molecule has 0 spiro atoms. The number of anilines is 2. The van der Waals surface area contributed by atoms with Crippen molar-refractivity contribution in [3.05, 3.63) is 47.0 Å². The van der Waals surface area contributed by atoms with Gasteiger partial charge in [0.1, 0.15) is 17.8 Å². The van der Waals surface area contributed by atoms with Crippen molar-refractivity contribution in [2.24, 2.45) is 18.4 Å². The molecule has 0 radical (unpaired) electrons. The third kappa shape index (κ3) is 6.08. The van der Waals surface area contributed by atoms with Crippen molar-refractivity contribution >= 4 is 34.5 Å². The molecule has 0 atom stereocenters. The van der Waals surface area contributed by atoms with Gasteiger partial charge in [-0.3, -0.25) is 9.59 Å². The van der Waals surface area contributed by atoms with Crippen molar-refractivity contribution in [2.45, 2.75) is 51.8 Å². The average Bonchev–Trinajstić information content (AvgIpc) is 3.84. The molecular formula is C28H30F5N5O3. The van der Waals surface area contributed by atoms with Gasteiger partial charge in [-0.2, -0.15) is 13.2 Å². The number of nitrogens with one attached hydrogen (secondary N) is 3. The van der Waals surface area contributed by atoms with Crippen molar-refractivity contribution in [1.82, 2.24) is 20.2 Å². The number of aromatic nitrogens is 2. The van der Waals surface area contributed by atoms with Gasteiger partial charge in [0.05, 0.1) is 16.6 Å². The minimum atomic E-state index is -4.58. The first kappa shape index (κ1) is 28.6. The quantitative estimate of drug-likeness (QED) is 0.266. The maximum Gasteiger partial charge on any atom is 0.403 e. The molecule has 41 heavy (non-hydrogen) atoms. The highest BCUT2D eigenvalue weighted by atomic mass is 19.4. The molecule has 2 aliphatic carbocycles. The predicted octanol–water partition coefficient (Wildman–Crippen LogP) is 5.37. The van der Waals surface area contributed by atoms with Gasteiger partial charge >= 0.3 is 6.18 Å². The van der Waals surface area contributed by atoms with Crippen LogP contribution in [0.3, 0.4) is 0 Å². The maximum atomic E-state index is 13.3. The Morgan fingerprint density at radius 3 is 2.51 bits per heavy atom. The van der Waals surface area contributed by atoms with E-state index in [4.69, 9.17) is 4.74 Å². The number of rotatable bonds is 11. The number of carbonyl (C=O) groups excluding carboxylic acids is 2. The topological polar surface area (TPSA) is 97.3 Å². The standard InChI is InChI=1S/C28H30F5N5O3/c1-15-3-4-17(13-35-25(40)27(7-8-27)28(31,32)33)9-19(15)36-26-37-20-10-18(24(39)34-12-16-5-6-16)22(41-14-23(29)30)11-21(20)38(26)2/h3-4,9-11,16,23H,5-8,12-14H2,1-2H3,(H,34,39)(H,35,40)(H,36,37). The van der Waals surface area contributed by atoms with E-state index >= 15 is 0 Å². The lowest BCUT2D eigenvalue weighted by Gasteiger charge is -2.19. The van der Waals surface area contributed by atoms with Crippen molar-refractivity contribution in [1.29, 1.82) is 0 Å². The van der Waals surface area contributed by atoms with Crippen LogP contribution in [0.4, 0.5) is 33.6 Å². The molecule has 0 saturated heterocycles. The van der Waals surface area contributed by atoms with Crippen molar-refractivity contribution in [3.8, 4) is 5.75 Å². The number of amides is 2. The number of hydrogen-bond acceptors (Lipinski definition) is 5. The summed E-state index contributed by atoms with van der Waals surface area (Å²) < 4.78 is 72.6. The molecule has 1 heterocycles. The van der Waals surface area contributed by atoms with Gasteiger partial charge in [0.15, 0.2) is 0 Å². The Bertz CT molecular complexity index is 1480. The van der Waals surface area contributed by atoms with Gasteiger partial charge in [0.25, 0.3) is 12.3 Å². The second-order valence-electron chi connectivity index (χ2n) is 10.7. The van der Waals surface area contributed by atoms with E-state index < -0.39 is 36.4 Å². The Balaban J connectivity index is 1.36. The van der Waals surface area contributed by atoms with Gasteiger partial charge in [0, 0.05) is 31.9 Å². The molecule has 2 amide bonds. The monoisotopic (exact) mass is 579 g/mol. The van der Waals surface area contributed by atoms with Crippen LogP contribution in [0.2, 0.25) is 0 Å². The van der Waals surface area contributed by atoms with Gasteiger partial charge in [-0.05, 0) is 61.8 Å². The normalized spacial score (nSPS) is 16.1. The summed E-state index contributed by atoms with van der Waals surface area (Å²) in [4.78, 5) is 29.7. The Labute approximate surface area is 232 Å². The van der Waals surface area contributed by atoms with E-state index in [0.29, 0.717) is 40.7 Å². The number of ether oxygens (including phenoxy) is 1. The highest BCUT2D eigenvalue weighted by Gasteiger charge is 2.68. The molecule has 0 aliphatic heterocycles. The third-order valence-electron chi connectivity index (χ3n) is 7.57. The van der Waals surface area contributed by atoms with E-state index in [9.17, 15) is 31.5 Å². The van der Waals surface area contributed by atoms with E-state index in [1.54, 1.807) is 29.8 Å². The zero-order valence-corrected chi connectivity index (χ0v) is 22.5. The first-order chi connectivity index (χ1) is 19.4.